The highest BCUT2D eigenvalue weighted by molar-refractivity contribution is 9.10. The highest BCUT2D eigenvalue weighted by Gasteiger charge is 2.06. The average molecular weight is 349 g/mol. The molecule has 20 heavy (non-hydrogen) atoms. The van der Waals surface area contributed by atoms with Gasteiger partial charge in [-0.2, -0.15) is 0 Å². The maximum absolute atomic E-state index is 4.43. The van der Waals surface area contributed by atoms with Crippen molar-refractivity contribution in [3.8, 4) is 0 Å². The number of nitrogens with zero attached hydrogens (tertiary/aromatic N) is 2. The van der Waals surface area contributed by atoms with Crippen molar-refractivity contribution in [2.45, 2.75) is 25.7 Å². The van der Waals surface area contributed by atoms with Crippen molar-refractivity contribution in [3.63, 3.8) is 0 Å². The molecule has 0 amide bonds. The number of aryl methyl sites for hydroxylation is 1. The molecule has 2 heterocycles. The molecule has 0 aliphatic heterocycles. The Morgan fingerprint density at radius 3 is 2.45 bits per heavy atom. The molecule has 0 bridgehead atoms. The maximum Gasteiger partial charge on any atom is 0.151 e. The molecule has 0 spiro atoms. The van der Waals surface area contributed by atoms with Gasteiger partial charge in [0.05, 0.1) is 0 Å². The van der Waals surface area contributed by atoms with Crippen LogP contribution < -0.4 is 0 Å². The lowest BCUT2D eigenvalue weighted by Gasteiger charge is -2.04. The summed E-state index contributed by atoms with van der Waals surface area (Å²) in [5, 5.41) is 1.14. The Morgan fingerprint density at radius 1 is 1.05 bits per heavy atom. The summed E-state index contributed by atoms with van der Waals surface area (Å²) in [4.78, 5) is 5.64. The van der Waals surface area contributed by atoms with Crippen LogP contribution in [0.15, 0.2) is 58.2 Å². The molecule has 3 rings (SSSR count). The first kappa shape index (κ1) is 15.1. The van der Waals surface area contributed by atoms with Gasteiger partial charge in [0.15, 0.2) is 5.65 Å². The second kappa shape index (κ2) is 6.95. The summed E-state index contributed by atoms with van der Waals surface area (Å²) in [7, 11) is 0. The quantitative estimate of drug-likeness (QED) is 0.592. The summed E-state index contributed by atoms with van der Waals surface area (Å²) in [6.07, 6.45) is 3.87. The zero-order valence-electron chi connectivity index (χ0n) is 11.8. The van der Waals surface area contributed by atoms with E-state index in [1.54, 1.807) is 11.9 Å². The SMILES string of the molecule is CC.Cc1ccc(Sn2ccc3c(Br)ccnc32)cc1. The number of halogens is 1. The Hall–Kier alpha value is -1.26. The molecule has 0 saturated heterocycles. The third-order valence-corrected chi connectivity index (χ3v) is 4.39. The normalized spacial score (nSPS) is 10.2. The van der Waals surface area contributed by atoms with E-state index in [0.717, 1.165) is 15.5 Å². The van der Waals surface area contributed by atoms with Crippen LogP contribution in [0.5, 0.6) is 0 Å². The van der Waals surface area contributed by atoms with E-state index in [4.69, 9.17) is 0 Å². The number of pyridine rings is 1. The molecular formula is C16H17BrN2S. The van der Waals surface area contributed by atoms with E-state index in [9.17, 15) is 0 Å². The second-order valence-electron chi connectivity index (χ2n) is 4.08. The molecule has 0 aliphatic rings. The average Bonchev–Trinajstić information content (AvgIpc) is 2.88. The third-order valence-electron chi connectivity index (χ3n) is 2.73. The maximum atomic E-state index is 4.43. The Balaban J connectivity index is 0.000000704. The van der Waals surface area contributed by atoms with Gasteiger partial charge in [0.2, 0.25) is 0 Å². The van der Waals surface area contributed by atoms with Crippen molar-refractivity contribution in [3.05, 3.63) is 58.8 Å². The van der Waals surface area contributed by atoms with Crippen LogP contribution in [0.25, 0.3) is 11.0 Å². The molecule has 3 aromatic rings. The first-order valence-corrected chi connectivity index (χ1v) is 8.17. The van der Waals surface area contributed by atoms with Gasteiger partial charge in [-0.05, 0) is 59.1 Å². The van der Waals surface area contributed by atoms with Crippen LogP contribution in [0.1, 0.15) is 19.4 Å². The van der Waals surface area contributed by atoms with Gasteiger partial charge in [0, 0.05) is 27.1 Å². The van der Waals surface area contributed by atoms with E-state index in [0.29, 0.717) is 0 Å². The van der Waals surface area contributed by atoms with E-state index in [1.165, 1.54) is 10.5 Å². The topological polar surface area (TPSA) is 17.8 Å². The molecule has 0 saturated carbocycles. The van der Waals surface area contributed by atoms with E-state index in [1.807, 2.05) is 32.3 Å². The minimum Gasteiger partial charge on any atom is -0.271 e. The molecule has 0 atom stereocenters. The van der Waals surface area contributed by atoms with Gasteiger partial charge >= 0.3 is 0 Å². The Labute approximate surface area is 132 Å². The van der Waals surface area contributed by atoms with Gasteiger partial charge in [0.25, 0.3) is 0 Å². The summed E-state index contributed by atoms with van der Waals surface area (Å²) in [5.41, 5.74) is 2.26. The monoisotopic (exact) mass is 348 g/mol. The molecule has 1 aromatic carbocycles. The van der Waals surface area contributed by atoms with Gasteiger partial charge in [-0.1, -0.05) is 31.5 Å². The van der Waals surface area contributed by atoms with Crippen LogP contribution in [-0.4, -0.2) is 8.96 Å². The van der Waals surface area contributed by atoms with Crippen LogP contribution in [0.2, 0.25) is 0 Å². The fourth-order valence-electron chi connectivity index (χ4n) is 1.77. The number of aromatic nitrogens is 2. The smallest absolute Gasteiger partial charge is 0.151 e. The minimum atomic E-state index is 0.981. The lowest BCUT2D eigenvalue weighted by atomic mass is 10.2. The first-order chi connectivity index (χ1) is 9.74. The Bertz CT molecular complexity index is 689. The van der Waals surface area contributed by atoms with Crippen LogP contribution in [0.3, 0.4) is 0 Å². The van der Waals surface area contributed by atoms with E-state index >= 15 is 0 Å². The van der Waals surface area contributed by atoms with Crippen molar-refractivity contribution in [1.29, 1.82) is 0 Å². The number of hydrogen-bond donors (Lipinski definition) is 0. The van der Waals surface area contributed by atoms with Gasteiger partial charge in [-0.3, -0.25) is 3.97 Å². The van der Waals surface area contributed by atoms with Gasteiger partial charge < -0.3 is 0 Å². The van der Waals surface area contributed by atoms with Gasteiger partial charge in [-0.15, -0.1) is 0 Å². The van der Waals surface area contributed by atoms with E-state index < -0.39 is 0 Å². The van der Waals surface area contributed by atoms with Crippen molar-refractivity contribution >= 4 is 38.9 Å². The highest BCUT2D eigenvalue weighted by Crippen LogP contribution is 2.29. The van der Waals surface area contributed by atoms with Gasteiger partial charge in [0.1, 0.15) is 0 Å². The predicted molar refractivity (Wildman–Crippen MR) is 91.2 cm³/mol. The van der Waals surface area contributed by atoms with Crippen molar-refractivity contribution < 1.29 is 0 Å². The summed E-state index contributed by atoms with van der Waals surface area (Å²) >= 11 is 5.22. The Morgan fingerprint density at radius 2 is 1.75 bits per heavy atom. The van der Waals surface area contributed by atoms with Crippen molar-refractivity contribution in [2.24, 2.45) is 0 Å². The molecule has 0 fully saturated rings. The number of hydrogen-bond acceptors (Lipinski definition) is 2. The number of rotatable bonds is 2. The summed E-state index contributed by atoms with van der Waals surface area (Å²) in [5.74, 6) is 0. The molecule has 0 N–H and O–H groups in total. The van der Waals surface area contributed by atoms with E-state index in [-0.39, 0.29) is 0 Å². The molecule has 104 valence electrons. The predicted octanol–water partition coefficient (Wildman–Crippen LogP) is 5.69. The minimum absolute atomic E-state index is 0.981. The van der Waals surface area contributed by atoms with Gasteiger partial charge in [-0.25, -0.2) is 4.98 Å². The summed E-state index contributed by atoms with van der Waals surface area (Å²) < 4.78 is 3.17. The van der Waals surface area contributed by atoms with E-state index in [2.05, 4.69) is 62.1 Å². The molecule has 2 nitrogen and oxygen atoms in total. The fourth-order valence-corrected chi connectivity index (χ4v) is 3.03. The molecule has 0 unspecified atom stereocenters. The molecule has 4 heteroatoms. The molecule has 0 aliphatic carbocycles. The lowest BCUT2D eigenvalue weighted by molar-refractivity contribution is 1.24. The largest absolute Gasteiger partial charge is 0.271 e. The second-order valence-corrected chi connectivity index (χ2v) is 5.98. The van der Waals surface area contributed by atoms with Crippen molar-refractivity contribution in [2.75, 3.05) is 0 Å². The fraction of sp³-hybridized carbons (Fsp3) is 0.188. The van der Waals surface area contributed by atoms with Crippen LogP contribution in [0.4, 0.5) is 0 Å². The lowest BCUT2D eigenvalue weighted by Crippen LogP contribution is -1.87. The molecule has 2 aromatic heterocycles. The summed E-state index contributed by atoms with van der Waals surface area (Å²) in [6.45, 7) is 6.10. The Kier molecular flexibility index (Phi) is 5.26. The van der Waals surface area contributed by atoms with Crippen LogP contribution >= 0.6 is 27.9 Å². The zero-order valence-corrected chi connectivity index (χ0v) is 14.2. The summed E-state index contributed by atoms with van der Waals surface area (Å²) in [6, 6.07) is 12.5. The van der Waals surface area contributed by atoms with Crippen molar-refractivity contribution in [1.82, 2.24) is 8.96 Å². The zero-order chi connectivity index (χ0) is 14.5. The van der Waals surface area contributed by atoms with Crippen LogP contribution in [-0.2, 0) is 0 Å². The molecule has 0 radical (unpaired) electrons. The highest BCUT2D eigenvalue weighted by atomic mass is 79.9. The number of benzene rings is 1. The standard InChI is InChI=1S/C14H11BrN2S.C2H6/c1-10-2-4-11(5-3-10)18-17-9-7-12-13(15)6-8-16-14(12)17;1-2/h2-9H,1H3;1-2H3. The third kappa shape index (κ3) is 3.25. The molecular weight excluding hydrogens is 332 g/mol. The van der Waals surface area contributed by atoms with Crippen LogP contribution in [0, 0.1) is 6.92 Å². The number of fused-ring (bicyclic) bond motifs is 1. The first-order valence-electron chi connectivity index (χ1n) is 6.60.